The maximum atomic E-state index is 11.8. The van der Waals surface area contributed by atoms with Crippen molar-refractivity contribution < 1.29 is 9.53 Å². The first kappa shape index (κ1) is 20.0. The van der Waals surface area contributed by atoms with Crippen molar-refractivity contribution in [3.05, 3.63) is 95.0 Å². The predicted octanol–water partition coefficient (Wildman–Crippen LogP) is 5.16. The van der Waals surface area contributed by atoms with Crippen LogP contribution in [0.4, 0.5) is 0 Å². The zero-order valence-corrected chi connectivity index (χ0v) is 16.6. The smallest absolute Gasteiger partial charge is 0.250 e. The standard InChI is InChI=1S/C22H19ClN2O2S/c23-19-10-6-18(7-11-19)15-27-20-12-8-17(9-13-20)14-24-25-22(26)16-28-21-4-2-1-3-5-21/h1-14H,15-16H2,(H,25,26)/b24-14+. The van der Waals surface area contributed by atoms with Gasteiger partial charge in [0.2, 0.25) is 5.91 Å². The third-order valence-corrected chi connectivity index (χ3v) is 4.98. The van der Waals surface area contributed by atoms with Crippen LogP contribution in [0, 0.1) is 0 Å². The van der Waals surface area contributed by atoms with Crippen LogP contribution in [0.1, 0.15) is 11.1 Å². The zero-order valence-electron chi connectivity index (χ0n) is 15.0. The van der Waals surface area contributed by atoms with Gasteiger partial charge in [-0.05, 0) is 59.7 Å². The van der Waals surface area contributed by atoms with Crippen LogP contribution in [-0.4, -0.2) is 17.9 Å². The SMILES string of the molecule is O=C(CSc1ccccc1)N/N=C/c1ccc(OCc2ccc(Cl)cc2)cc1. The van der Waals surface area contributed by atoms with Gasteiger partial charge in [0.15, 0.2) is 0 Å². The van der Waals surface area contributed by atoms with Crippen molar-refractivity contribution in [2.24, 2.45) is 5.10 Å². The van der Waals surface area contributed by atoms with E-state index in [0.29, 0.717) is 17.4 Å². The van der Waals surface area contributed by atoms with E-state index in [1.165, 1.54) is 11.8 Å². The number of nitrogens with zero attached hydrogens (tertiary/aromatic N) is 1. The lowest BCUT2D eigenvalue weighted by molar-refractivity contribution is -0.118. The molecule has 0 atom stereocenters. The second kappa shape index (κ2) is 10.5. The van der Waals surface area contributed by atoms with Gasteiger partial charge in [0.05, 0.1) is 12.0 Å². The van der Waals surface area contributed by atoms with Gasteiger partial charge >= 0.3 is 0 Å². The minimum absolute atomic E-state index is 0.145. The quantitative estimate of drug-likeness (QED) is 0.317. The minimum Gasteiger partial charge on any atom is -0.489 e. The molecule has 0 aliphatic heterocycles. The van der Waals surface area contributed by atoms with Crippen molar-refractivity contribution >= 4 is 35.5 Å². The molecule has 0 saturated heterocycles. The summed E-state index contributed by atoms with van der Waals surface area (Å²) in [6, 6.07) is 24.8. The number of rotatable bonds is 8. The van der Waals surface area contributed by atoms with Gasteiger partial charge in [-0.25, -0.2) is 5.43 Å². The highest BCUT2D eigenvalue weighted by atomic mass is 35.5. The number of hydrogen-bond acceptors (Lipinski definition) is 4. The number of benzene rings is 3. The molecule has 1 amide bonds. The van der Waals surface area contributed by atoms with Crippen LogP contribution in [0.2, 0.25) is 5.02 Å². The lowest BCUT2D eigenvalue weighted by atomic mass is 10.2. The van der Waals surface area contributed by atoms with E-state index >= 15 is 0 Å². The lowest BCUT2D eigenvalue weighted by Crippen LogP contribution is -2.19. The zero-order chi connectivity index (χ0) is 19.6. The first-order valence-electron chi connectivity index (χ1n) is 8.66. The summed E-state index contributed by atoms with van der Waals surface area (Å²) in [5.41, 5.74) is 4.45. The van der Waals surface area contributed by atoms with Crippen molar-refractivity contribution in [1.29, 1.82) is 0 Å². The van der Waals surface area contributed by atoms with E-state index in [0.717, 1.165) is 21.8 Å². The molecule has 28 heavy (non-hydrogen) atoms. The summed E-state index contributed by atoms with van der Waals surface area (Å²) in [4.78, 5) is 12.9. The van der Waals surface area contributed by atoms with Gasteiger partial charge in [-0.15, -0.1) is 11.8 Å². The second-order valence-electron chi connectivity index (χ2n) is 5.88. The van der Waals surface area contributed by atoms with Gasteiger partial charge in [0.1, 0.15) is 12.4 Å². The Morgan fingerprint density at radius 2 is 1.71 bits per heavy atom. The Morgan fingerprint density at radius 3 is 2.43 bits per heavy atom. The number of nitrogens with one attached hydrogen (secondary N) is 1. The molecule has 0 spiro atoms. The summed E-state index contributed by atoms with van der Waals surface area (Å²) in [7, 11) is 0. The molecule has 0 bridgehead atoms. The lowest BCUT2D eigenvalue weighted by Gasteiger charge is -2.06. The summed E-state index contributed by atoms with van der Waals surface area (Å²) >= 11 is 7.34. The number of halogens is 1. The number of amides is 1. The van der Waals surface area contributed by atoms with Gasteiger partial charge in [0.25, 0.3) is 0 Å². The minimum atomic E-state index is -0.145. The van der Waals surface area contributed by atoms with E-state index in [-0.39, 0.29) is 5.91 Å². The average molecular weight is 411 g/mol. The molecule has 0 radical (unpaired) electrons. The molecule has 1 N–H and O–H groups in total. The van der Waals surface area contributed by atoms with Crippen LogP contribution >= 0.6 is 23.4 Å². The van der Waals surface area contributed by atoms with Crippen molar-refractivity contribution in [2.75, 3.05) is 5.75 Å². The van der Waals surface area contributed by atoms with Crippen molar-refractivity contribution in [1.82, 2.24) is 5.43 Å². The Kier molecular flexibility index (Phi) is 7.53. The highest BCUT2D eigenvalue weighted by Crippen LogP contribution is 2.17. The first-order chi connectivity index (χ1) is 13.7. The summed E-state index contributed by atoms with van der Waals surface area (Å²) in [6.07, 6.45) is 1.61. The summed E-state index contributed by atoms with van der Waals surface area (Å²) in [6.45, 7) is 0.472. The van der Waals surface area contributed by atoms with E-state index in [1.54, 1.807) is 6.21 Å². The van der Waals surface area contributed by atoms with Crippen molar-refractivity contribution in [3.8, 4) is 5.75 Å². The Morgan fingerprint density at radius 1 is 1.00 bits per heavy atom. The maximum absolute atomic E-state index is 11.8. The van der Waals surface area contributed by atoms with E-state index in [9.17, 15) is 4.79 Å². The van der Waals surface area contributed by atoms with E-state index < -0.39 is 0 Å². The third-order valence-electron chi connectivity index (χ3n) is 3.71. The molecule has 0 aliphatic rings. The molecule has 0 heterocycles. The highest BCUT2D eigenvalue weighted by molar-refractivity contribution is 8.00. The van der Waals surface area contributed by atoms with Crippen LogP contribution in [0.25, 0.3) is 0 Å². The second-order valence-corrected chi connectivity index (χ2v) is 7.36. The summed E-state index contributed by atoms with van der Waals surface area (Å²) in [5, 5.41) is 4.70. The number of thioether (sulfide) groups is 1. The maximum Gasteiger partial charge on any atom is 0.250 e. The predicted molar refractivity (Wildman–Crippen MR) is 115 cm³/mol. The molecule has 6 heteroatoms. The van der Waals surface area contributed by atoms with E-state index in [1.807, 2.05) is 78.9 Å². The molecule has 0 aliphatic carbocycles. The monoisotopic (exact) mass is 410 g/mol. The summed E-state index contributed by atoms with van der Waals surface area (Å²) < 4.78 is 5.74. The fraction of sp³-hybridized carbons (Fsp3) is 0.0909. The Labute approximate surface area is 173 Å². The fourth-order valence-electron chi connectivity index (χ4n) is 2.27. The Hall–Kier alpha value is -2.76. The first-order valence-corrected chi connectivity index (χ1v) is 10.0. The van der Waals surface area contributed by atoms with Crippen LogP contribution < -0.4 is 10.2 Å². The topological polar surface area (TPSA) is 50.7 Å². The van der Waals surface area contributed by atoms with Crippen molar-refractivity contribution in [2.45, 2.75) is 11.5 Å². The van der Waals surface area contributed by atoms with E-state index in [2.05, 4.69) is 10.5 Å². The molecule has 0 unspecified atom stereocenters. The number of carbonyl (C=O) groups excluding carboxylic acids is 1. The highest BCUT2D eigenvalue weighted by Gasteiger charge is 2.01. The molecule has 0 saturated carbocycles. The number of hydrogen-bond donors (Lipinski definition) is 1. The number of hydrazone groups is 1. The fourth-order valence-corrected chi connectivity index (χ4v) is 3.11. The van der Waals surface area contributed by atoms with Gasteiger partial charge in [-0.2, -0.15) is 5.10 Å². The van der Waals surface area contributed by atoms with Gasteiger partial charge in [-0.3, -0.25) is 4.79 Å². The number of ether oxygens (including phenoxy) is 1. The normalized spacial score (nSPS) is 10.8. The van der Waals surface area contributed by atoms with Crippen LogP contribution in [0.15, 0.2) is 88.9 Å². The van der Waals surface area contributed by atoms with Crippen LogP contribution in [0.5, 0.6) is 5.75 Å². The van der Waals surface area contributed by atoms with Crippen LogP contribution in [0.3, 0.4) is 0 Å². The molecule has 4 nitrogen and oxygen atoms in total. The Balaban J connectivity index is 1.41. The molecule has 0 fully saturated rings. The van der Waals surface area contributed by atoms with Crippen LogP contribution in [-0.2, 0) is 11.4 Å². The molecule has 142 valence electrons. The third kappa shape index (κ3) is 6.76. The summed E-state index contributed by atoms with van der Waals surface area (Å²) in [5.74, 6) is 0.933. The molecule has 3 aromatic carbocycles. The molecular weight excluding hydrogens is 392 g/mol. The molecule has 0 aromatic heterocycles. The van der Waals surface area contributed by atoms with Crippen molar-refractivity contribution in [3.63, 3.8) is 0 Å². The average Bonchev–Trinajstić information content (AvgIpc) is 2.73. The Bertz CT molecular complexity index is 914. The molecule has 3 aromatic rings. The van der Waals surface area contributed by atoms with Gasteiger partial charge < -0.3 is 4.74 Å². The van der Waals surface area contributed by atoms with E-state index in [4.69, 9.17) is 16.3 Å². The largest absolute Gasteiger partial charge is 0.489 e. The van der Waals surface area contributed by atoms with Gasteiger partial charge in [0, 0.05) is 9.92 Å². The molecule has 3 rings (SSSR count). The van der Waals surface area contributed by atoms with Gasteiger partial charge in [-0.1, -0.05) is 41.9 Å². The molecular formula is C22H19ClN2O2S. The number of carbonyl (C=O) groups is 1.